The predicted octanol–water partition coefficient (Wildman–Crippen LogP) is 5.20. The van der Waals surface area contributed by atoms with Gasteiger partial charge in [-0.2, -0.15) is 0 Å². The fraction of sp³-hybridized carbons (Fsp3) is 0.333. The van der Waals surface area contributed by atoms with Gasteiger partial charge in [-0.1, -0.05) is 22.8 Å². The van der Waals surface area contributed by atoms with Gasteiger partial charge in [0.1, 0.15) is 5.69 Å². The van der Waals surface area contributed by atoms with E-state index in [-0.39, 0.29) is 10.6 Å². The molecule has 1 N–H and O–H groups in total. The SMILES string of the molecule is COC(=O)c1ccc(-c2cc(-c3ccc(N4CCCCC4C)c(NS(C)(=O)=O)c3)on2)cc1Cl. The molecule has 1 unspecified atom stereocenters. The van der Waals surface area contributed by atoms with Crippen molar-refractivity contribution in [3.8, 4) is 22.6 Å². The highest BCUT2D eigenvalue weighted by molar-refractivity contribution is 7.92. The van der Waals surface area contributed by atoms with Crippen LogP contribution in [0.15, 0.2) is 47.0 Å². The van der Waals surface area contributed by atoms with Crippen LogP contribution in [0.5, 0.6) is 0 Å². The standard InChI is InChI=1S/C24H26ClN3O5S/c1-15-6-4-5-11-28(15)22-10-8-17(13-21(22)27-34(3,30)31)23-14-20(26-33-23)16-7-9-18(19(25)12-16)24(29)32-2/h7-10,12-15,27H,4-6,11H2,1-3H3. The highest BCUT2D eigenvalue weighted by atomic mass is 35.5. The summed E-state index contributed by atoms with van der Waals surface area (Å²) in [5, 5.41) is 4.37. The number of aromatic nitrogens is 1. The zero-order valence-corrected chi connectivity index (χ0v) is 20.7. The van der Waals surface area contributed by atoms with Crippen LogP contribution in [0.4, 0.5) is 11.4 Å². The second-order valence-corrected chi connectivity index (χ2v) is 10.6. The Morgan fingerprint density at radius 2 is 1.94 bits per heavy atom. The van der Waals surface area contributed by atoms with Gasteiger partial charge in [-0.25, -0.2) is 13.2 Å². The summed E-state index contributed by atoms with van der Waals surface area (Å²) in [6.07, 6.45) is 4.42. The number of hydrogen-bond acceptors (Lipinski definition) is 7. The monoisotopic (exact) mass is 503 g/mol. The maximum Gasteiger partial charge on any atom is 0.339 e. The number of esters is 1. The molecule has 10 heteroatoms. The number of halogens is 1. The number of carbonyl (C=O) groups excluding carboxylic acids is 1. The molecule has 0 radical (unpaired) electrons. The quantitative estimate of drug-likeness (QED) is 0.461. The molecule has 1 aromatic heterocycles. The number of carbonyl (C=O) groups is 1. The van der Waals surface area contributed by atoms with Crippen molar-refractivity contribution in [2.24, 2.45) is 0 Å². The number of methoxy groups -OCH3 is 1. The molecule has 0 aliphatic carbocycles. The second kappa shape index (κ2) is 9.68. The third-order valence-corrected chi connectivity index (χ3v) is 6.77. The van der Waals surface area contributed by atoms with Crippen LogP contribution in [-0.2, 0) is 14.8 Å². The summed E-state index contributed by atoms with van der Waals surface area (Å²) in [5.41, 5.74) is 3.47. The van der Waals surface area contributed by atoms with Crippen molar-refractivity contribution >= 4 is 39.0 Å². The zero-order valence-electron chi connectivity index (χ0n) is 19.2. The van der Waals surface area contributed by atoms with Gasteiger partial charge in [-0.05, 0) is 56.5 Å². The lowest BCUT2D eigenvalue weighted by Crippen LogP contribution is -2.38. The third-order valence-electron chi connectivity index (χ3n) is 5.87. The Labute approximate surface area is 203 Å². The van der Waals surface area contributed by atoms with Crippen molar-refractivity contribution in [2.75, 3.05) is 29.5 Å². The minimum Gasteiger partial charge on any atom is -0.465 e. The number of piperidine rings is 1. The van der Waals surface area contributed by atoms with Gasteiger partial charge < -0.3 is 14.2 Å². The van der Waals surface area contributed by atoms with Gasteiger partial charge >= 0.3 is 5.97 Å². The molecule has 0 amide bonds. The topological polar surface area (TPSA) is 102 Å². The van der Waals surface area contributed by atoms with Gasteiger partial charge in [0.25, 0.3) is 0 Å². The first-order chi connectivity index (χ1) is 16.2. The lowest BCUT2D eigenvalue weighted by atomic mass is 10.0. The number of ether oxygens (including phenoxy) is 1. The highest BCUT2D eigenvalue weighted by Crippen LogP contribution is 2.36. The number of benzene rings is 2. The average Bonchev–Trinajstić information content (AvgIpc) is 3.28. The van der Waals surface area contributed by atoms with Gasteiger partial charge in [-0.3, -0.25) is 4.72 Å². The Kier molecular flexibility index (Phi) is 6.86. The lowest BCUT2D eigenvalue weighted by Gasteiger charge is -2.36. The third kappa shape index (κ3) is 5.20. The van der Waals surface area contributed by atoms with Crippen LogP contribution in [0.2, 0.25) is 5.02 Å². The zero-order chi connectivity index (χ0) is 24.5. The van der Waals surface area contributed by atoms with Gasteiger partial charge in [0.05, 0.1) is 35.3 Å². The average molecular weight is 504 g/mol. The minimum absolute atomic E-state index is 0.244. The van der Waals surface area contributed by atoms with Crippen LogP contribution >= 0.6 is 11.6 Å². The molecule has 1 fully saturated rings. The molecule has 0 saturated carbocycles. The first-order valence-corrected chi connectivity index (χ1v) is 13.2. The molecule has 8 nitrogen and oxygen atoms in total. The van der Waals surface area contributed by atoms with Crippen molar-refractivity contribution in [1.29, 1.82) is 0 Å². The fourth-order valence-corrected chi connectivity index (χ4v) is 5.00. The molecule has 0 spiro atoms. The van der Waals surface area contributed by atoms with E-state index in [1.54, 1.807) is 30.3 Å². The summed E-state index contributed by atoms with van der Waals surface area (Å²) in [7, 11) is -2.19. The van der Waals surface area contributed by atoms with Gasteiger partial charge in [0, 0.05) is 29.8 Å². The number of sulfonamides is 1. The molecule has 1 aliphatic rings. The van der Waals surface area contributed by atoms with Crippen molar-refractivity contribution in [2.45, 2.75) is 32.2 Å². The van der Waals surface area contributed by atoms with Crippen molar-refractivity contribution < 1.29 is 22.5 Å². The Morgan fingerprint density at radius 1 is 1.18 bits per heavy atom. The van der Waals surface area contributed by atoms with Crippen LogP contribution in [0.25, 0.3) is 22.6 Å². The Balaban J connectivity index is 1.68. The van der Waals surface area contributed by atoms with Crippen molar-refractivity contribution in [3.63, 3.8) is 0 Å². The molecule has 4 rings (SSSR count). The highest BCUT2D eigenvalue weighted by Gasteiger charge is 2.23. The summed E-state index contributed by atoms with van der Waals surface area (Å²) in [6, 6.07) is 12.5. The largest absolute Gasteiger partial charge is 0.465 e. The van der Waals surface area contributed by atoms with E-state index in [0.29, 0.717) is 34.3 Å². The summed E-state index contributed by atoms with van der Waals surface area (Å²) in [4.78, 5) is 14.0. The molecular formula is C24H26ClN3O5S. The maximum absolute atomic E-state index is 12.1. The fourth-order valence-electron chi connectivity index (χ4n) is 4.17. The molecule has 2 aromatic carbocycles. The molecule has 3 aromatic rings. The Morgan fingerprint density at radius 3 is 2.62 bits per heavy atom. The van der Waals surface area contributed by atoms with Crippen LogP contribution in [0, 0.1) is 0 Å². The lowest BCUT2D eigenvalue weighted by molar-refractivity contribution is 0.0601. The predicted molar refractivity (Wildman–Crippen MR) is 133 cm³/mol. The molecule has 1 aliphatic heterocycles. The Hall–Kier alpha value is -3.04. The van der Waals surface area contributed by atoms with Crippen molar-refractivity contribution in [1.82, 2.24) is 5.16 Å². The second-order valence-electron chi connectivity index (χ2n) is 8.41. The van der Waals surface area contributed by atoms with E-state index in [1.807, 2.05) is 12.1 Å². The number of hydrogen-bond donors (Lipinski definition) is 1. The molecule has 34 heavy (non-hydrogen) atoms. The number of nitrogens with zero attached hydrogens (tertiary/aromatic N) is 2. The van der Waals surface area contributed by atoms with E-state index in [0.717, 1.165) is 37.8 Å². The van der Waals surface area contributed by atoms with Crippen LogP contribution in [0.1, 0.15) is 36.5 Å². The molecule has 180 valence electrons. The van der Waals surface area contributed by atoms with Crippen molar-refractivity contribution in [3.05, 3.63) is 53.1 Å². The smallest absolute Gasteiger partial charge is 0.339 e. The van der Waals surface area contributed by atoms with Gasteiger partial charge in [-0.15, -0.1) is 0 Å². The van der Waals surface area contributed by atoms with Crippen LogP contribution in [0.3, 0.4) is 0 Å². The summed E-state index contributed by atoms with van der Waals surface area (Å²) in [6.45, 7) is 3.02. The number of anilines is 2. The molecule has 1 saturated heterocycles. The summed E-state index contributed by atoms with van der Waals surface area (Å²) in [5.74, 6) is -0.0515. The maximum atomic E-state index is 12.1. The van der Waals surface area contributed by atoms with E-state index in [4.69, 9.17) is 20.9 Å². The Bertz CT molecular complexity index is 1320. The number of rotatable bonds is 6. The van der Waals surface area contributed by atoms with E-state index >= 15 is 0 Å². The van der Waals surface area contributed by atoms with E-state index in [9.17, 15) is 13.2 Å². The number of nitrogens with one attached hydrogen (secondary N) is 1. The van der Waals surface area contributed by atoms with Gasteiger partial charge in [0.15, 0.2) is 5.76 Å². The summed E-state index contributed by atoms with van der Waals surface area (Å²) >= 11 is 6.23. The first-order valence-electron chi connectivity index (χ1n) is 10.9. The minimum atomic E-state index is -3.49. The molecule has 1 atom stereocenters. The normalized spacial score (nSPS) is 16.4. The summed E-state index contributed by atoms with van der Waals surface area (Å²) < 4.78 is 37.1. The molecule has 0 bridgehead atoms. The molecular weight excluding hydrogens is 478 g/mol. The van der Waals surface area contributed by atoms with Gasteiger partial charge in [0.2, 0.25) is 10.0 Å². The van der Waals surface area contributed by atoms with Crippen LogP contribution in [-0.4, -0.2) is 45.5 Å². The molecule has 2 heterocycles. The van der Waals surface area contributed by atoms with E-state index < -0.39 is 16.0 Å². The van der Waals surface area contributed by atoms with Crippen LogP contribution < -0.4 is 9.62 Å². The van der Waals surface area contributed by atoms with E-state index in [1.165, 1.54) is 7.11 Å². The van der Waals surface area contributed by atoms with E-state index in [2.05, 4.69) is 21.7 Å². The first kappa shape index (κ1) is 24.1.